The molecular weight excluding hydrogens is 194 g/mol. The Balaban J connectivity index is 1.66. The summed E-state index contributed by atoms with van der Waals surface area (Å²) in [4.78, 5) is 11.7. The Bertz CT molecular complexity index is 195. The van der Waals surface area contributed by atoms with E-state index in [1.165, 1.54) is 31.4 Å². The van der Waals surface area contributed by atoms with Crippen molar-refractivity contribution in [3.8, 4) is 0 Å². The summed E-state index contributed by atoms with van der Waals surface area (Å²) < 4.78 is 0. The van der Waals surface area contributed by atoms with Crippen LogP contribution in [0.3, 0.4) is 0 Å². The highest BCUT2D eigenvalue weighted by atomic mass is 32.2. The van der Waals surface area contributed by atoms with Gasteiger partial charge in [0.15, 0.2) is 0 Å². The highest BCUT2D eigenvalue weighted by Gasteiger charge is 2.23. The van der Waals surface area contributed by atoms with Crippen molar-refractivity contribution in [1.29, 1.82) is 0 Å². The second-order valence-corrected chi connectivity index (χ2v) is 5.77. The third-order valence-electron chi connectivity index (χ3n) is 3.25. The third kappa shape index (κ3) is 2.66. The highest BCUT2D eigenvalue weighted by molar-refractivity contribution is 8.00. The van der Waals surface area contributed by atoms with Crippen molar-refractivity contribution in [2.75, 3.05) is 12.3 Å². The van der Waals surface area contributed by atoms with E-state index in [1.54, 1.807) is 0 Å². The van der Waals surface area contributed by atoms with Crippen LogP contribution >= 0.6 is 11.8 Å². The molecule has 1 aliphatic heterocycles. The second-order valence-electron chi connectivity index (χ2n) is 4.36. The van der Waals surface area contributed by atoms with E-state index in [0.29, 0.717) is 17.1 Å². The Morgan fingerprint density at radius 2 is 2.00 bits per heavy atom. The van der Waals surface area contributed by atoms with E-state index in [-0.39, 0.29) is 0 Å². The quantitative estimate of drug-likeness (QED) is 0.778. The lowest BCUT2D eigenvalue weighted by molar-refractivity contribution is -0.124. The van der Waals surface area contributed by atoms with Gasteiger partial charge in [0.25, 0.3) is 0 Å². The zero-order valence-corrected chi connectivity index (χ0v) is 9.44. The van der Waals surface area contributed by atoms with Crippen LogP contribution in [-0.2, 0) is 4.79 Å². The van der Waals surface area contributed by atoms with Gasteiger partial charge in [-0.1, -0.05) is 12.8 Å². The van der Waals surface area contributed by atoms with Crippen LogP contribution in [0.1, 0.15) is 38.5 Å². The molecule has 3 heteroatoms. The van der Waals surface area contributed by atoms with Crippen LogP contribution < -0.4 is 5.32 Å². The molecule has 2 nitrogen and oxygen atoms in total. The molecule has 1 unspecified atom stereocenters. The fraction of sp³-hybridized carbons (Fsp3) is 0.909. The van der Waals surface area contributed by atoms with Crippen LogP contribution in [0.4, 0.5) is 0 Å². The molecule has 1 atom stereocenters. The van der Waals surface area contributed by atoms with Crippen molar-refractivity contribution in [1.82, 2.24) is 5.32 Å². The first-order chi connectivity index (χ1) is 6.86. The smallest absolute Gasteiger partial charge is 0.223 e. The minimum absolute atomic E-state index is 0.315. The Morgan fingerprint density at radius 3 is 2.64 bits per heavy atom. The summed E-state index contributed by atoms with van der Waals surface area (Å²) in [7, 11) is 0. The van der Waals surface area contributed by atoms with Crippen LogP contribution in [0.5, 0.6) is 0 Å². The normalized spacial score (nSPS) is 28.1. The van der Waals surface area contributed by atoms with Crippen LogP contribution in [0.25, 0.3) is 0 Å². The zero-order valence-electron chi connectivity index (χ0n) is 8.63. The van der Waals surface area contributed by atoms with Crippen molar-refractivity contribution in [3.63, 3.8) is 0 Å². The summed E-state index contributed by atoms with van der Waals surface area (Å²) in [5.41, 5.74) is 0. The molecular formula is C11H19NOS. The average molecular weight is 213 g/mol. The number of nitrogens with one attached hydrogen (secondary N) is 1. The van der Waals surface area contributed by atoms with Gasteiger partial charge in [-0.05, 0) is 31.4 Å². The molecule has 0 spiro atoms. The van der Waals surface area contributed by atoms with Gasteiger partial charge in [-0.3, -0.25) is 4.79 Å². The molecule has 0 radical (unpaired) electrons. The first-order valence-corrected chi connectivity index (χ1v) is 6.80. The lowest BCUT2D eigenvalue weighted by atomic mass is 10.1. The number of thioether (sulfide) groups is 1. The van der Waals surface area contributed by atoms with Crippen molar-refractivity contribution in [2.24, 2.45) is 5.92 Å². The molecule has 1 amide bonds. The number of carbonyl (C=O) groups is 1. The van der Waals surface area contributed by atoms with Gasteiger partial charge >= 0.3 is 0 Å². The minimum Gasteiger partial charge on any atom is -0.355 e. The summed E-state index contributed by atoms with van der Waals surface area (Å²) in [6, 6.07) is 0. The molecule has 0 aromatic rings. The van der Waals surface area contributed by atoms with Crippen LogP contribution in [0.2, 0.25) is 0 Å². The van der Waals surface area contributed by atoms with Gasteiger partial charge in [0.05, 0.1) is 0 Å². The van der Waals surface area contributed by atoms with Gasteiger partial charge in [-0.2, -0.15) is 11.8 Å². The van der Waals surface area contributed by atoms with Crippen LogP contribution in [0.15, 0.2) is 0 Å². The SMILES string of the molecule is O=C(NCC1CCCS1)C1CCCC1. The first kappa shape index (κ1) is 10.3. The second kappa shape index (κ2) is 5.06. The van der Waals surface area contributed by atoms with Gasteiger partial charge in [-0.25, -0.2) is 0 Å². The fourth-order valence-corrected chi connectivity index (χ4v) is 3.55. The molecule has 1 aliphatic carbocycles. The van der Waals surface area contributed by atoms with Gasteiger partial charge in [0.1, 0.15) is 0 Å². The Hall–Kier alpha value is -0.180. The summed E-state index contributed by atoms with van der Waals surface area (Å²) in [5.74, 6) is 1.93. The van der Waals surface area contributed by atoms with Gasteiger partial charge in [0.2, 0.25) is 5.91 Å². The number of hydrogen-bond donors (Lipinski definition) is 1. The summed E-state index contributed by atoms with van der Waals surface area (Å²) in [6.07, 6.45) is 7.34. The molecule has 2 aliphatic rings. The van der Waals surface area contributed by atoms with Gasteiger partial charge in [-0.15, -0.1) is 0 Å². The maximum atomic E-state index is 11.7. The lowest BCUT2D eigenvalue weighted by Crippen LogP contribution is -2.33. The third-order valence-corrected chi connectivity index (χ3v) is 4.65. The fourth-order valence-electron chi connectivity index (χ4n) is 2.35. The van der Waals surface area contributed by atoms with E-state index in [0.717, 1.165) is 19.4 Å². The average Bonchev–Trinajstić information content (AvgIpc) is 2.87. The maximum absolute atomic E-state index is 11.7. The van der Waals surface area contributed by atoms with Gasteiger partial charge in [0, 0.05) is 17.7 Å². The van der Waals surface area contributed by atoms with E-state index in [2.05, 4.69) is 5.32 Å². The molecule has 2 fully saturated rings. The number of carbonyl (C=O) groups excluding carboxylic acids is 1. The summed E-state index contributed by atoms with van der Waals surface area (Å²) >= 11 is 2.01. The van der Waals surface area contributed by atoms with E-state index in [4.69, 9.17) is 0 Å². The summed E-state index contributed by atoms with van der Waals surface area (Å²) in [5, 5.41) is 3.80. The van der Waals surface area contributed by atoms with Gasteiger partial charge < -0.3 is 5.32 Å². The van der Waals surface area contributed by atoms with Crippen LogP contribution in [-0.4, -0.2) is 23.5 Å². The van der Waals surface area contributed by atoms with Crippen molar-refractivity contribution in [2.45, 2.75) is 43.8 Å². The van der Waals surface area contributed by atoms with Crippen molar-refractivity contribution >= 4 is 17.7 Å². The largest absolute Gasteiger partial charge is 0.355 e. The summed E-state index contributed by atoms with van der Waals surface area (Å²) in [6.45, 7) is 0.903. The molecule has 1 saturated heterocycles. The predicted molar refractivity (Wildman–Crippen MR) is 60.4 cm³/mol. The topological polar surface area (TPSA) is 29.1 Å². The number of rotatable bonds is 3. The molecule has 1 heterocycles. The molecule has 14 heavy (non-hydrogen) atoms. The lowest BCUT2D eigenvalue weighted by Gasteiger charge is -2.13. The molecule has 1 N–H and O–H groups in total. The van der Waals surface area contributed by atoms with Crippen molar-refractivity contribution < 1.29 is 4.79 Å². The van der Waals surface area contributed by atoms with E-state index >= 15 is 0 Å². The highest BCUT2D eigenvalue weighted by Crippen LogP contribution is 2.27. The Labute approximate surface area is 90.2 Å². The first-order valence-electron chi connectivity index (χ1n) is 5.75. The molecule has 0 aromatic heterocycles. The van der Waals surface area contributed by atoms with Crippen molar-refractivity contribution in [3.05, 3.63) is 0 Å². The maximum Gasteiger partial charge on any atom is 0.223 e. The standard InChI is InChI=1S/C11H19NOS/c13-11(9-4-1-2-5-9)12-8-10-6-3-7-14-10/h9-10H,1-8H2,(H,12,13). The Kier molecular flexibility index (Phi) is 3.74. The number of hydrogen-bond acceptors (Lipinski definition) is 2. The Morgan fingerprint density at radius 1 is 1.21 bits per heavy atom. The molecule has 0 aromatic carbocycles. The van der Waals surface area contributed by atoms with E-state index in [9.17, 15) is 4.79 Å². The molecule has 0 bridgehead atoms. The molecule has 1 saturated carbocycles. The monoisotopic (exact) mass is 213 g/mol. The minimum atomic E-state index is 0.315. The van der Waals surface area contributed by atoms with E-state index < -0.39 is 0 Å². The molecule has 80 valence electrons. The van der Waals surface area contributed by atoms with Crippen LogP contribution in [0, 0.1) is 5.92 Å². The van der Waals surface area contributed by atoms with E-state index in [1.807, 2.05) is 11.8 Å². The molecule has 2 rings (SSSR count). The number of amides is 1. The predicted octanol–water partition coefficient (Wildman–Crippen LogP) is 2.19. The zero-order chi connectivity index (χ0) is 9.80.